The van der Waals surface area contributed by atoms with Crippen molar-refractivity contribution in [3.05, 3.63) is 17.7 Å². The highest BCUT2D eigenvalue weighted by Crippen LogP contribution is 2.21. The number of aromatic amines is 1. The lowest BCUT2D eigenvalue weighted by Crippen LogP contribution is -2.40. The van der Waals surface area contributed by atoms with Gasteiger partial charge < -0.3 is 10.3 Å². The molecule has 0 fully saturated rings. The van der Waals surface area contributed by atoms with Crippen LogP contribution >= 0.6 is 0 Å². The first-order valence-corrected chi connectivity index (χ1v) is 8.15. The maximum Gasteiger partial charge on any atom is 0.120 e. The van der Waals surface area contributed by atoms with Gasteiger partial charge in [0.2, 0.25) is 0 Å². The molecule has 0 saturated carbocycles. The van der Waals surface area contributed by atoms with Gasteiger partial charge in [0.1, 0.15) is 5.82 Å². The van der Waals surface area contributed by atoms with Crippen LogP contribution in [0.15, 0.2) is 6.20 Å². The highest BCUT2D eigenvalue weighted by atomic mass is 15.2. The second-order valence-electron chi connectivity index (χ2n) is 7.74. The lowest BCUT2D eigenvalue weighted by molar-refractivity contribution is 0.172. The molecule has 4 nitrogen and oxygen atoms in total. The maximum atomic E-state index is 4.55. The largest absolute Gasteiger partial charge is 0.344 e. The van der Waals surface area contributed by atoms with Crippen LogP contribution in [-0.4, -0.2) is 41.0 Å². The van der Waals surface area contributed by atoms with Crippen molar-refractivity contribution in [1.29, 1.82) is 0 Å². The third-order valence-corrected chi connectivity index (χ3v) is 3.76. The Morgan fingerprint density at radius 2 is 1.86 bits per heavy atom. The summed E-state index contributed by atoms with van der Waals surface area (Å²) in [5.74, 6) is 1.07. The highest BCUT2D eigenvalue weighted by Gasteiger charge is 2.22. The number of nitrogens with one attached hydrogen (secondary N) is 2. The van der Waals surface area contributed by atoms with Crippen LogP contribution in [0.1, 0.15) is 60.0 Å². The maximum absolute atomic E-state index is 4.55. The van der Waals surface area contributed by atoms with Crippen LogP contribution in [0.2, 0.25) is 0 Å². The minimum atomic E-state index is 0.132. The molecule has 1 aromatic heterocycles. The standard InChI is InChI=1S/C17H34N4/c1-8-18-12-17(6,7)13-21(9-2)11-15-19-10-14(20-15)16(3,4)5/h10,18H,8-9,11-13H2,1-7H3,(H,19,20). The van der Waals surface area contributed by atoms with Crippen molar-refractivity contribution in [1.82, 2.24) is 20.2 Å². The van der Waals surface area contributed by atoms with Gasteiger partial charge in [-0.05, 0) is 18.5 Å². The molecule has 0 bridgehead atoms. The van der Waals surface area contributed by atoms with Gasteiger partial charge in [0, 0.05) is 30.4 Å². The molecule has 0 saturated heterocycles. The van der Waals surface area contributed by atoms with Crippen LogP contribution in [0.5, 0.6) is 0 Å². The Bertz CT molecular complexity index is 415. The SMILES string of the molecule is CCNCC(C)(C)CN(CC)Cc1ncc(C(C)(C)C)[nH]1. The van der Waals surface area contributed by atoms with Crippen LogP contribution in [0.4, 0.5) is 0 Å². The van der Waals surface area contributed by atoms with E-state index in [4.69, 9.17) is 0 Å². The summed E-state index contributed by atoms with van der Waals surface area (Å²) in [4.78, 5) is 10.5. The normalized spacial score (nSPS) is 13.1. The Hall–Kier alpha value is -0.870. The molecule has 0 aliphatic carbocycles. The molecule has 0 radical (unpaired) electrons. The van der Waals surface area contributed by atoms with E-state index in [2.05, 4.69) is 68.7 Å². The number of rotatable bonds is 8. The van der Waals surface area contributed by atoms with Gasteiger partial charge in [-0.1, -0.05) is 48.5 Å². The molecule has 1 rings (SSSR count). The van der Waals surface area contributed by atoms with E-state index in [0.717, 1.165) is 38.5 Å². The lowest BCUT2D eigenvalue weighted by atomic mass is 9.92. The van der Waals surface area contributed by atoms with Gasteiger partial charge in [0.05, 0.1) is 6.54 Å². The third kappa shape index (κ3) is 6.18. The van der Waals surface area contributed by atoms with Crippen LogP contribution in [0, 0.1) is 5.41 Å². The Morgan fingerprint density at radius 3 is 2.33 bits per heavy atom. The van der Waals surface area contributed by atoms with E-state index in [9.17, 15) is 0 Å². The summed E-state index contributed by atoms with van der Waals surface area (Å²) in [6.45, 7) is 20.7. The molecular weight excluding hydrogens is 260 g/mol. The number of imidazole rings is 1. The monoisotopic (exact) mass is 294 g/mol. The number of H-pyrrole nitrogens is 1. The number of nitrogens with zero attached hydrogens (tertiary/aromatic N) is 2. The number of hydrogen-bond acceptors (Lipinski definition) is 3. The zero-order valence-corrected chi connectivity index (χ0v) is 15.0. The molecule has 1 aromatic rings. The summed E-state index contributed by atoms with van der Waals surface area (Å²) >= 11 is 0. The first-order valence-electron chi connectivity index (χ1n) is 8.15. The van der Waals surface area contributed by atoms with Gasteiger partial charge in [-0.15, -0.1) is 0 Å². The Labute approximate surface area is 130 Å². The summed E-state index contributed by atoms with van der Waals surface area (Å²) < 4.78 is 0. The van der Waals surface area contributed by atoms with E-state index in [0.29, 0.717) is 0 Å². The van der Waals surface area contributed by atoms with E-state index < -0.39 is 0 Å². The van der Waals surface area contributed by atoms with Crippen LogP contribution in [0.25, 0.3) is 0 Å². The van der Waals surface area contributed by atoms with Gasteiger partial charge in [-0.25, -0.2) is 4.98 Å². The minimum Gasteiger partial charge on any atom is -0.344 e. The predicted molar refractivity (Wildman–Crippen MR) is 90.6 cm³/mol. The second kappa shape index (κ2) is 7.41. The zero-order chi connectivity index (χ0) is 16.1. The molecule has 0 aliphatic rings. The summed E-state index contributed by atoms with van der Waals surface area (Å²) in [6.07, 6.45) is 1.98. The second-order valence-corrected chi connectivity index (χ2v) is 7.74. The molecule has 0 spiro atoms. The molecule has 4 heteroatoms. The molecule has 0 amide bonds. The zero-order valence-electron chi connectivity index (χ0n) is 15.0. The molecule has 0 unspecified atom stereocenters. The predicted octanol–water partition coefficient (Wildman–Crippen LogP) is 3.16. The van der Waals surface area contributed by atoms with Gasteiger partial charge in [-0.2, -0.15) is 0 Å². The first kappa shape index (κ1) is 18.2. The smallest absolute Gasteiger partial charge is 0.120 e. The van der Waals surface area contributed by atoms with Crippen molar-refractivity contribution in [2.75, 3.05) is 26.2 Å². The fourth-order valence-electron chi connectivity index (χ4n) is 2.44. The van der Waals surface area contributed by atoms with E-state index in [1.807, 2.05) is 6.20 Å². The summed E-state index contributed by atoms with van der Waals surface area (Å²) in [5.41, 5.74) is 1.61. The van der Waals surface area contributed by atoms with Crippen molar-refractivity contribution in [2.45, 2.75) is 60.4 Å². The van der Waals surface area contributed by atoms with Crippen LogP contribution < -0.4 is 5.32 Å². The van der Waals surface area contributed by atoms with Crippen molar-refractivity contribution in [3.63, 3.8) is 0 Å². The molecule has 21 heavy (non-hydrogen) atoms. The molecule has 0 atom stereocenters. The molecule has 122 valence electrons. The number of aromatic nitrogens is 2. The van der Waals surface area contributed by atoms with Crippen molar-refractivity contribution < 1.29 is 0 Å². The van der Waals surface area contributed by atoms with Crippen LogP contribution in [-0.2, 0) is 12.0 Å². The lowest BCUT2D eigenvalue weighted by Gasteiger charge is -2.31. The van der Waals surface area contributed by atoms with Gasteiger partial charge in [0.15, 0.2) is 0 Å². The quantitative estimate of drug-likeness (QED) is 0.774. The summed E-state index contributed by atoms with van der Waals surface area (Å²) in [6, 6.07) is 0. The Kier molecular flexibility index (Phi) is 6.41. The summed E-state index contributed by atoms with van der Waals surface area (Å²) in [5, 5.41) is 3.46. The van der Waals surface area contributed by atoms with Crippen molar-refractivity contribution in [2.24, 2.45) is 5.41 Å². The Morgan fingerprint density at radius 1 is 1.19 bits per heavy atom. The fraction of sp³-hybridized carbons (Fsp3) is 0.824. The fourth-order valence-corrected chi connectivity index (χ4v) is 2.44. The molecular formula is C17H34N4. The third-order valence-electron chi connectivity index (χ3n) is 3.76. The molecule has 0 aliphatic heterocycles. The van der Waals surface area contributed by atoms with Gasteiger partial charge in [-0.3, -0.25) is 4.90 Å². The van der Waals surface area contributed by atoms with Crippen LogP contribution in [0.3, 0.4) is 0 Å². The Balaban J connectivity index is 2.63. The van der Waals surface area contributed by atoms with Gasteiger partial charge >= 0.3 is 0 Å². The van der Waals surface area contributed by atoms with Crippen molar-refractivity contribution in [3.8, 4) is 0 Å². The van der Waals surface area contributed by atoms with E-state index >= 15 is 0 Å². The van der Waals surface area contributed by atoms with Crippen molar-refractivity contribution >= 4 is 0 Å². The average Bonchev–Trinajstić information content (AvgIpc) is 2.84. The molecule has 0 aromatic carbocycles. The van der Waals surface area contributed by atoms with E-state index in [1.165, 1.54) is 5.69 Å². The minimum absolute atomic E-state index is 0.132. The first-order chi connectivity index (χ1) is 9.68. The average molecular weight is 294 g/mol. The highest BCUT2D eigenvalue weighted by molar-refractivity contribution is 5.11. The van der Waals surface area contributed by atoms with Gasteiger partial charge in [0.25, 0.3) is 0 Å². The topological polar surface area (TPSA) is 44.0 Å². The molecule has 1 heterocycles. The van der Waals surface area contributed by atoms with E-state index in [1.54, 1.807) is 0 Å². The summed E-state index contributed by atoms with van der Waals surface area (Å²) in [7, 11) is 0. The van der Waals surface area contributed by atoms with E-state index in [-0.39, 0.29) is 10.8 Å². The number of hydrogen-bond donors (Lipinski definition) is 2. The molecule has 2 N–H and O–H groups in total.